The van der Waals surface area contributed by atoms with Crippen LogP contribution in [0.4, 0.5) is 43.9 Å². The van der Waals surface area contributed by atoms with Crippen molar-refractivity contribution in [1.82, 2.24) is 43.2 Å². The first-order chi connectivity index (χ1) is 47.4. The Morgan fingerprint density at radius 1 is 0.475 bits per heavy atom. The van der Waals surface area contributed by atoms with Crippen LogP contribution >= 0.6 is 27.5 Å². The first kappa shape index (κ1) is 75.1. The number of benzene rings is 3. The molecule has 0 saturated heterocycles. The Morgan fingerprint density at radius 2 is 0.818 bits per heavy atom. The van der Waals surface area contributed by atoms with Gasteiger partial charge in [-0.2, -0.15) is 26.3 Å². The van der Waals surface area contributed by atoms with Crippen molar-refractivity contribution in [3.63, 3.8) is 0 Å². The van der Waals surface area contributed by atoms with Crippen LogP contribution in [0.25, 0.3) is 45.4 Å². The molecule has 4 atom stereocenters. The molecule has 3 aromatic carbocycles. The highest BCUT2D eigenvalue weighted by molar-refractivity contribution is 9.10. The molecule has 0 N–H and O–H groups in total. The number of pyridine rings is 1. The molecule has 0 amide bonds. The van der Waals surface area contributed by atoms with Gasteiger partial charge in [0.2, 0.25) is 5.28 Å². The van der Waals surface area contributed by atoms with Gasteiger partial charge in [-0.3, -0.25) is 4.98 Å². The largest absolute Gasteiger partial charge is 0.464 e. The Labute approximate surface area is 575 Å². The molecular formula is C67H71BrClF10N9O11. The van der Waals surface area contributed by atoms with Crippen LogP contribution in [0.5, 0.6) is 17.2 Å². The van der Waals surface area contributed by atoms with E-state index >= 15 is 0 Å². The summed E-state index contributed by atoms with van der Waals surface area (Å²) < 4.78 is 180. The molecule has 4 aliphatic rings. The fraction of sp³-hybridized carbons (Fsp3) is 0.448. The number of ether oxygens (including phenoxy) is 9. The molecule has 99 heavy (non-hydrogen) atoms. The van der Waals surface area contributed by atoms with Gasteiger partial charge in [0, 0.05) is 65.0 Å². The number of rotatable bonds is 16. The molecule has 0 radical (unpaired) electrons. The van der Waals surface area contributed by atoms with Crippen molar-refractivity contribution in [2.45, 2.75) is 131 Å². The highest BCUT2D eigenvalue weighted by atomic mass is 79.9. The van der Waals surface area contributed by atoms with Gasteiger partial charge in [0.1, 0.15) is 90.4 Å². The van der Waals surface area contributed by atoms with Crippen LogP contribution in [0.2, 0.25) is 5.28 Å². The summed E-state index contributed by atoms with van der Waals surface area (Å²) in [4.78, 5) is 45.8. The summed E-state index contributed by atoms with van der Waals surface area (Å²) in [6.07, 6.45) is -0.250. The predicted octanol–water partition coefficient (Wildman–Crippen LogP) is 13.6. The molecule has 0 spiro atoms. The minimum Gasteiger partial charge on any atom is -0.464 e. The van der Waals surface area contributed by atoms with Gasteiger partial charge in [0.05, 0.1) is 89.6 Å². The number of esters is 2. The maximum atomic E-state index is 13.5. The summed E-state index contributed by atoms with van der Waals surface area (Å²) in [5, 5.41) is 0.157. The van der Waals surface area contributed by atoms with E-state index in [2.05, 4.69) is 54.8 Å². The molecule has 534 valence electrons. The number of carbonyl (C=O) groups is 2. The third-order valence-electron chi connectivity index (χ3n) is 16.3. The fourth-order valence-electron chi connectivity index (χ4n) is 11.8. The van der Waals surface area contributed by atoms with Crippen LogP contribution < -0.4 is 14.2 Å². The van der Waals surface area contributed by atoms with E-state index in [9.17, 15) is 53.5 Å². The van der Waals surface area contributed by atoms with Crippen LogP contribution in [-0.4, -0.2) is 167 Å². The third-order valence-corrected chi connectivity index (χ3v) is 17.2. The SMILES string of the molecule is COC(=O)c1nc(-c2ccc(OC(F)F)c(C)c2)n2c1CCO[C@H](CF)C2.COC(=O)c1nc(Cl)n2c1CCO[C@H](CF)C2.Cc1cc(-c2nc(-c3ccc(OC(F)F)c(C)c3)n3c2CCO[C@H](CF)C3)cc(C)n1.Cc1cc(-c2nc(Br)c3n2C[C@@H](CF)OCC3)ccc1OC(F)F. The van der Waals surface area contributed by atoms with E-state index in [1.807, 2.05) is 35.1 Å². The predicted molar refractivity (Wildman–Crippen MR) is 345 cm³/mol. The van der Waals surface area contributed by atoms with Crippen molar-refractivity contribution in [2.75, 3.05) is 67.3 Å². The van der Waals surface area contributed by atoms with E-state index in [1.54, 1.807) is 66.3 Å². The number of halogens is 12. The highest BCUT2D eigenvalue weighted by Crippen LogP contribution is 2.37. The third kappa shape index (κ3) is 18.3. The number of fused-ring (bicyclic) bond motifs is 4. The van der Waals surface area contributed by atoms with E-state index in [0.717, 1.165) is 45.2 Å². The lowest BCUT2D eigenvalue weighted by atomic mass is 10.1. The normalized spacial score (nSPS) is 17.3. The van der Waals surface area contributed by atoms with E-state index in [4.69, 9.17) is 40.3 Å². The highest BCUT2D eigenvalue weighted by Gasteiger charge is 2.32. The van der Waals surface area contributed by atoms with Gasteiger partial charge in [0.25, 0.3) is 0 Å². The molecular weight excluding hydrogens is 1410 g/mol. The van der Waals surface area contributed by atoms with Crippen LogP contribution in [-0.2, 0) is 80.3 Å². The second-order valence-corrected chi connectivity index (χ2v) is 24.1. The molecule has 12 rings (SSSR count). The average Bonchev–Trinajstić information content (AvgIpc) is 1.64. The average molecular weight is 1480 g/mol. The first-order valence-electron chi connectivity index (χ1n) is 31.1. The van der Waals surface area contributed by atoms with Gasteiger partial charge in [-0.05, 0) is 146 Å². The van der Waals surface area contributed by atoms with Crippen LogP contribution in [0.3, 0.4) is 0 Å². The number of hydrogen-bond donors (Lipinski definition) is 0. The number of aromatic nitrogens is 9. The Morgan fingerprint density at radius 3 is 1.21 bits per heavy atom. The Kier molecular flexibility index (Phi) is 26.0. The summed E-state index contributed by atoms with van der Waals surface area (Å²) in [6, 6.07) is 18.4. The minimum atomic E-state index is -2.93. The minimum absolute atomic E-state index is 0.0505. The molecule has 4 aliphatic heterocycles. The number of nitrogens with zero attached hydrogens (tertiary/aromatic N) is 9. The second-order valence-electron chi connectivity index (χ2n) is 23.0. The van der Waals surface area contributed by atoms with Gasteiger partial charge in [-0.15, -0.1) is 0 Å². The van der Waals surface area contributed by atoms with Gasteiger partial charge >= 0.3 is 31.8 Å². The van der Waals surface area contributed by atoms with E-state index in [1.165, 1.54) is 32.4 Å². The molecule has 0 fully saturated rings. The zero-order valence-electron chi connectivity index (χ0n) is 54.8. The van der Waals surface area contributed by atoms with Crippen molar-refractivity contribution in [3.8, 4) is 62.7 Å². The van der Waals surface area contributed by atoms with Gasteiger partial charge < -0.3 is 60.9 Å². The van der Waals surface area contributed by atoms with Crippen LogP contribution in [0.15, 0.2) is 71.3 Å². The lowest BCUT2D eigenvalue weighted by Crippen LogP contribution is -2.21. The molecule has 0 saturated carbocycles. The molecule has 9 heterocycles. The van der Waals surface area contributed by atoms with Crippen LogP contribution in [0.1, 0.15) is 71.8 Å². The summed E-state index contributed by atoms with van der Waals surface area (Å²) in [6.45, 7) is 0.293. The fourth-order valence-corrected chi connectivity index (χ4v) is 12.6. The van der Waals surface area contributed by atoms with Gasteiger partial charge in [-0.25, -0.2) is 47.1 Å². The number of imidazole rings is 4. The molecule has 5 aromatic heterocycles. The summed E-state index contributed by atoms with van der Waals surface area (Å²) >= 11 is 9.36. The van der Waals surface area contributed by atoms with Gasteiger partial charge in [-0.1, -0.05) is 0 Å². The molecule has 0 bridgehead atoms. The van der Waals surface area contributed by atoms with E-state index in [-0.39, 0.29) is 53.6 Å². The number of carbonyl (C=O) groups excluding carboxylic acids is 2. The lowest BCUT2D eigenvalue weighted by Gasteiger charge is -2.15. The quantitative estimate of drug-likeness (QED) is 0.0652. The zero-order valence-corrected chi connectivity index (χ0v) is 57.1. The Bertz CT molecular complexity index is 4100. The van der Waals surface area contributed by atoms with Crippen molar-refractivity contribution < 1.29 is 96.1 Å². The maximum Gasteiger partial charge on any atom is 0.387 e. The van der Waals surface area contributed by atoms with E-state index < -0.39 is 82.9 Å². The van der Waals surface area contributed by atoms with Crippen molar-refractivity contribution >= 4 is 39.5 Å². The molecule has 0 unspecified atom stereocenters. The second kappa shape index (κ2) is 34.3. The number of hydrogen-bond acceptors (Lipinski definition) is 16. The summed E-state index contributed by atoms with van der Waals surface area (Å²) in [7, 11) is 2.53. The molecule has 20 nitrogen and oxygen atoms in total. The van der Waals surface area contributed by atoms with Crippen molar-refractivity contribution in [2.24, 2.45) is 0 Å². The summed E-state index contributed by atoms with van der Waals surface area (Å²) in [5.74, 6) is 0.862. The first-order valence-corrected chi connectivity index (χ1v) is 32.3. The number of alkyl halides is 10. The monoisotopic (exact) mass is 1480 g/mol. The van der Waals surface area contributed by atoms with Crippen molar-refractivity contribution in [1.29, 1.82) is 0 Å². The molecule has 32 heteroatoms. The maximum absolute atomic E-state index is 13.5. The topological polar surface area (TPSA) is 201 Å². The molecule has 0 aliphatic carbocycles. The Balaban J connectivity index is 0.000000157. The lowest BCUT2D eigenvalue weighted by molar-refractivity contribution is -0.0509. The number of methoxy groups -OCH3 is 2. The van der Waals surface area contributed by atoms with Gasteiger partial charge in [0.15, 0.2) is 11.4 Å². The standard InChI is InChI=1S/C23H24F3N3O2.C18H19F3N2O4.C16H16BrF3N2O2.C10H12ClFN2O3/c1-13-8-16(4-5-20(13)31-23(25)26)22-28-21(17-9-14(2)27-15(3)10-17)19-6-7-30-18(11-24)12-29(19)22;1-10-7-11(3-4-14(10)27-18(20)21)16-22-15(17(24)25-2)13-5-6-26-12(8-19)9-23(13)16;1-9-6-10(2-3-13(9)24-16(19)20)15-21-14(17)12-4-5-23-11(7-18)8-22(12)15;1-16-9(15)8-7-2-3-17-6(4-12)5-14(7)10(11)13-8/h4-5,8-10,18,23H,6-7,11-12H2,1-3H3;3-4,7,12,18H,5-6,8-9H2,1-2H3;2-3,6,11,16H,4-5,7-8H2,1H3;6H,2-5H2,1H3/t18-;12-;11-;6-/m1111/s1. The number of aryl methyl sites for hydroxylation is 5. The molecule has 8 aromatic rings. The van der Waals surface area contributed by atoms with E-state index in [0.29, 0.717) is 114 Å². The Hall–Kier alpha value is -8.10. The van der Waals surface area contributed by atoms with Crippen molar-refractivity contribution in [3.05, 3.63) is 139 Å². The van der Waals surface area contributed by atoms with Crippen LogP contribution in [0, 0.1) is 34.6 Å². The summed E-state index contributed by atoms with van der Waals surface area (Å²) in [5.41, 5.74) is 10.7. The zero-order chi connectivity index (χ0) is 71.4. The smallest absolute Gasteiger partial charge is 0.387 e.